The van der Waals surface area contributed by atoms with E-state index in [9.17, 15) is 9.59 Å². The first kappa shape index (κ1) is 19.4. The number of thiocarbonyl (C=S) groups is 1. The van der Waals surface area contributed by atoms with Crippen LogP contribution in [0.3, 0.4) is 0 Å². The molecule has 0 aliphatic heterocycles. The van der Waals surface area contributed by atoms with Gasteiger partial charge in [0.1, 0.15) is 5.75 Å². The van der Waals surface area contributed by atoms with Crippen LogP contribution in [0.5, 0.6) is 5.75 Å². The van der Waals surface area contributed by atoms with Crippen molar-refractivity contribution in [3.05, 3.63) is 54.1 Å². The molecule has 0 bridgehead atoms. The Bertz CT molecular complexity index is 807. The van der Waals surface area contributed by atoms with Crippen LogP contribution in [0, 0.1) is 5.92 Å². The summed E-state index contributed by atoms with van der Waals surface area (Å²) in [6, 6.07) is 13.9. The van der Waals surface area contributed by atoms with Gasteiger partial charge in [0, 0.05) is 23.2 Å². The zero-order chi connectivity index (χ0) is 19.1. The van der Waals surface area contributed by atoms with Gasteiger partial charge in [0.15, 0.2) is 5.11 Å². The molecular weight excluding hydrogens is 350 g/mol. The van der Waals surface area contributed by atoms with Gasteiger partial charge in [-0.05, 0) is 36.5 Å². The van der Waals surface area contributed by atoms with Gasteiger partial charge in [0.05, 0.1) is 12.8 Å². The Morgan fingerprint density at radius 3 is 2.35 bits per heavy atom. The van der Waals surface area contributed by atoms with Crippen LogP contribution in [0.2, 0.25) is 0 Å². The van der Waals surface area contributed by atoms with E-state index in [1.54, 1.807) is 42.5 Å². The van der Waals surface area contributed by atoms with Crippen LogP contribution in [0.1, 0.15) is 24.2 Å². The molecule has 2 amide bonds. The molecule has 0 saturated heterocycles. The fourth-order valence-electron chi connectivity index (χ4n) is 2.08. The van der Waals surface area contributed by atoms with E-state index in [2.05, 4.69) is 16.0 Å². The fraction of sp³-hybridized carbons (Fsp3) is 0.211. The number of rotatable bonds is 5. The van der Waals surface area contributed by atoms with Crippen LogP contribution in [0.4, 0.5) is 11.4 Å². The number of carbonyl (C=O) groups excluding carboxylic acids is 2. The third-order valence-corrected chi connectivity index (χ3v) is 3.71. The second kappa shape index (κ2) is 8.96. The number of benzene rings is 2. The van der Waals surface area contributed by atoms with Crippen LogP contribution in [-0.2, 0) is 4.79 Å². The average Bonchev–Trinajstić information content (AvgIpc) is 2.63. The summed E-state index contributed by atoms with van der Waals surface area (Å²) < 4.78 is 5.31. The van der Waals surface area contributed by atoms with Crippen molar-refractivity contribution in [2.45, 2.75) is 13.8 Å². The minimum atomic E-state index is -0.295. The van der Waals surface area contributed by atoms with Gasteiger partial charge in [0.2, 0.25) is 5.91 Å². The molecule has 136 valence electrons. The lowest BCUT2D eigenvalue weighted by atomic mass is 10.2. The Morgan fingerprint density at radius 2 is 1.73 bits per heavy atom. The third-order valence-electron chi connectivity index (χ3n) is 3.50. The molecule has 0 aliphatic rings. The maximum atomic E-state index is 12.1. The highest BCUT2D eigenvalue weighted by Crippen LogP contribution is 2.28. The number of hydrogen-bond acceptors (Lipinski definition) is 4. The van der Waals surface area contributed by atoms with Crippen molar-refractivity contribution in [1.82, 2.24) is 5.32 Å². The Morgan fingerprint density at radius 1 is 1.04 bits per heavy atom. The van der Waals surface area contributed by atoms with Crippen LogP contribution in [0.15, 0.2) is 48.5 Å². The maximum absolute atomic E-state index is 12.1. The highest BCUT2D eigenvalue weighted by molar-refractivity contribution is 7.80. The summed E-state index contributed by atoms with van der Waals surface area (Å²) in [5.74, 6) is -0.0509. The summed E-state index contributed by atoms with van der Waals surface area (Å²) in [5.41, 5.74) is 1.71. The van der Waals surface area contributed by atoms with E-state index in [-0.39, 0.29) is 22.8 Å². The Hall–Kier alpha value is -2.93. The van der Waals surface area contributed by atoms with Crippen molar-refractivity contribution in [1.29, 1.82) is 0 Å². The van der Waals surface area contributed by atoms with E-state index in [0.29, 0.717) is 22.7 Å². The van der Waals surface area contributed by atoms with Gasteiger partial charge in [-0.15, -0.1) is 0 Å². The van der Waals surface area contributed by atoms with Crippen LogP contribution >= 0.6 is 12.2 Å². The van der Waals surface area contributed by atoms with Crippen molar-refractivity contribution in [2.24, 2.45) is 5.92 Å². The molecule has 2 aromatic carbocycles. The molecule has 0 aromatic heterocycles. The molecular formula is C19H21N3O3S. The summed E-state index contributed by atoms with van der Waals surface area (Å²) in [6.07, 6.45) is 0. The van der Waals surface area contributed by atoms with Crippen molar-refractivity contribution in [3.63, 3.8) is 0 Å². The van der Waals surface area contributed by atoms with E-state index in [1.807, 2.05) is 19.9 Å². The minimum Gasteiger partial charge on any atom is -0.494 e. The van der Waals surface area contributed by atoms with Crippen LogP contribution in [-0.4, -0.2) is 24.0 Å². The molecule has 0 spiro atoms. The van der Waals surface area contributed by atoms with Gasteiger partial charge in [-0.1, -0.05) is 32.0 Å². The zero-order valence-corrected chi connectivity index (χ0v) is 15.6. The molecule has 0 fully saturated rings. The highest BCUT2D eigenvalue weighted by Gasteiger charge is 2.12. The summed E-state index contributed by atoms with van der Waals surface area (Å²) in [4.78, 5) is 23.9. The molecule has 0 unspecified atom stereocenters. The monoisotopic (exact) mass is 371 g/mol. The highest BCUT2D eigenvalue weighted by atomic mass is 32.1. The van der Waals surface area contributed by atoms with Gasteiger partial charge in [-0.3, -0.25) is 14.9 Å². The smallest absolute Gasteiger partial charge is 0.257 e. The molecule has 0 aliphatic carbocycles. The SMILES string of the molecule is COc1cc(NC(=S)NC(=O)c2ccccc2)ccc1NC(=O)C(C)C. The Kier molecular flexibility index (Phi) is 6.68. The second-order valence-corrected chi connectivity index (χ2v) is 6.24. The quantitative estimate of drug-likeness (QED) is 0.702. The summed E-state index contributed by atoms with van der Waals surface area (Å²) in [7, 11) is 1.51. The van der Waals surface area contributed by atoms with Gasteiger partial charge in [-0.2, -0.15) is 0 Å². The Balaban J connectivity index is 2.04. The number of ether oxygens (including phenoxy) is 1. The first-order chi connectivity index (χ1) is 12.4. The lowest BCUT2D eigenvalue weighted by molar-refractivity contribution is -0.118. The molecule has 2 rings (SSSR count). The molecule has 2 aromatic rings. The first-order valence-corrected chi connectivity index (χ1v) is 8.48. The van der Waals surface area contributed by atoms with Crippen molar-refractivity contribution >= 4 is 40.5 Å². The molecule has 6 nitrogen and oxygen atoms in total. The normalized spacial score (nSPS) is 10.2. The second-order valence-electron chi connectivity index (χ2n) is 5.83. The summed E-state index contributed by atoms with van der Waals surface area (Å²) in [5, 5.41) is 8.51. The zero-order valence-electron chi connectivity index (χ0n) is 14.8. The molecule has 0 atom stereocenters. The van der Waals surface area contributed by atoms with Crippen molar-refractivity contribution < 1.29 is 14.3 Å². The van der Waals surface area contributed by atoms with E-state index < -0.39 is 0 Å². The number of anilines is 2. The fourth-order valence-corrected chi connectivity index (χ4v) is 2.29. The molecule has 7 heteroatoms. The summed E-state index contributed by atoms with van der Waals surface area (Å²) in [6.45, 7) is 3.62. The lowest BCUT2D eigenvalue weighted by Crippen LogP contribution is -2.34. The number of hydrogen-bond donors (Lipinski definition) is 3. The summed E-state index contributed by atoms with van der Waals surface area (Å²) >= 11 is 5.18. The Labute approximate surface area is 157 Å². The number of amides is 2. The topological polar surface area (TPSA) is 79.5 Å². The predicted molar refractivity (Wildman–Crippen MR) is 107 cm³/mol. The van der Waals surface area contributed by atoms with Crippen LogP contribution < -0.4 is 20.7 Å². The van der Waals surface area contributed by atoms with E-state index in [4.69, 9.17) is 17.0 Å². The third kappa shape index (κ3) is 5.29. The van der Waals surface area contributed by atoms with Gasteiger partial charge in [-0.25, -0.2) is 0 Å². The maximum Gasteiger partial charge on any atom is 0.257 e. The van der Waals surface area contributed by atoms with Crippen LogP contribution in [0.25, 0.3) is 0 Å². The number of carbonyl (C=O) groups is 2. The van der Waals surface area contributed by atoms with Gasteiger partial charge in [0.25, 0.3) is 5.91 Å². The number of nitrogens with one attached hydrogen (secondary N) is 3. The lowest BCUT2D eigenvalue weighted by Gasteiger charge is -2.14. The van der Waals surface area contributed by atoms with Gasteiger partial charge < -0.3 is 15.4 Å². The van der Waals surface area contributed by atoms with E-state index in [1.165, 1.54) is 7.11 Å². The standard InChI is InChI=1S/C19H21N3O3S/c1-12(2)17(23)21-15-10-9-14(11-16(15)25-3)20-19(26)22-18(24)13-7-5-4-6-8-13/h4-12H,1-3H3,(H,21,23)(H2,20,22,24,26). The van der Waals surface area contributed by atoms with Gasteiger partial charge >= 0.3 is 0 Å². The average molecular weight is 371 g/mol. The molecule has 0 saturated carbocycles. The largest absolute Gasteiger partial charge is 0.494 e. The predicted octanol–water partition coefficient (Wildman–Crippen LogP) is 3.42. The number of methoxy groups -OCH3 is 1. The first-order valence-electron chi connectivity index (χ1n) is 8.07. The molecule has 0 radical (unpaired) electrons. The molecule has 26 heavy (non-hydrogen) atoms. The van der Waals surface area contributed by atoms with Crippen molar-refractivity contribution in [2.75, 3.05) is 17.7 Å². The molecule has 3 N–H and O–H groups in total. The van der Waals surface area contributed by atoms with E-state index in [0.717, 1.165) is 0 Å². The van der Waals surface area contributed by atoms with E-state index >= 15 is 0 Å². The molecule has 0 heterocycles. The van der Waals surface area contributed by atoms with Crippen molar-refractivity contribution in [3.8, 4) is 5.75 Å². The minimum absolute atomic E-state index is 0.102.